The minimum Gasteiger partial charge on any atom is -0.294 e. The highest BCUT2D eigenvalue weighted by atomic mass is 127. The van der Waals surface area contributed by atoms with Crippen LogP contribution in [-0.4, -0.2) is 9.55 Å². The maximum Gasteiger partial charge on any atom is 0.261 e. The Morgan fingerprint density at radius 2 is 2.00 bits per heavy atom. The summed E-state index contributed by atoms with van der Waals surface area (Å²) in [5, 5.41) is 0.552. The smallest absolute Gasteiger partial charge is 0.261 e. The first-order valence-corrected chi connectivity index (χ1v) is 7.11. The zero-order chi connectivity index (χ0) is 14.1. The Kier molecular flexibility index (Phi) is 3.52. The van der Waals surface area contributed by atoms with Gasteiger partial charge in [0.2, 0.25) is 0 Å². The third-order valence-electron chi connectivity index (χ3n) is 3.08. The van der Waals surface area contributed by atoms with E-state index in [-0.39, 0.29) is 17.9 Å². The second kappa shape index (κ2) is 5.32. The summed E-state index contributed by atoms with van der Waals surface area (Å²) in [5.74, 6) is -0.317. The quantitative estimate of drug-likeness (QED) is 0.641. The average Bonchev–Trinajstić information content (AvgIpc) is 2.45. The van der Waals surface area contributed by atoms with Gasteiger partial charge in [0.05, 0.1) is 23.8 Å². The molecule has 0 amide bonds. The van der Waals surface area contributed by atoms with Gasteiger partial charge in [-0.25, -0.2) is 9.37 Å². The zero-order valence-electron chi connectivity index (χ0n) is 10.4. The van der Waals surface area contributed by atoms with Gasteiger partial charge in [-0.3, -0.25) is 9.36 Å². The molecule has 0 aliphatic carbocycles. The van der Waals surface area contributed by atoms with E-state index in [1.165, 1.54) is 17.0 Å². The second-order valence-electron chi connectivity index (χ2n) is 4.43. The molecule has 1 heterocycles. The van der Waals surface area contributed by atoms with Gasteiger partial charge in [-0.05, 0) is 46.9 Å². The van der Waals surface area contributed by atoms with Gasteiger partial charge in [0.25, 0.3) is 5.56 Å². The molecular weight excluding hydrogens is 370 g/mol. The maximum absolute atomic E-state index is 13.6. The van der Waals surface area contributed by atoms with E-state index >= 15 is 0 Å². The van der Waals surface area contributed by atoms with Crippen molar-refractivity contribution in [3.8, 4) is 0 Å². The van der Waals surface area contributed by atoms with Crippen molar-refractivity contribution in [1.29, 1.82) is 0 Å². The minimum atomic E-state index is -0.317. The lowest BCUT2D eigenvalue weighted by Gasteiger charge is -2.07. The number of benzene rings is 2. The van der Waals surface area contributed by atoms with Crippen LogP contribution < -0.4 is 5.56 Å². The van der Waals surface area contributed by atoms with Crippen LogP contribution in [0.4, 0.5) is 4.39 Å². The largest absolute Gasteiger partial charge is 0.294 e. The van der Waals surface area contributed by atoms with E-state index in [4.69, 9.17) is 0 Å². The molecule has 1 aromatic heterocycles. The van der Waals surface area contributed by atoms with Gasteiger partial charge in [-0.2, -0.15) is 0 Å². The Balaban J connectivity index is 2.11. The highest BCUT2D eigenvalue weighted by Gasteiger charge is 2.07. The van der Waals surface area contributed by atoms with Crippen LogP contribution in [-0.2, 0) is 6.54 Å². The summed E-state index contributed by atoms with van der Waals surface area (Å²) in [4.78, 5) is 16.6. The van der Waals surface area contributed by atoms with Gasteiger partial charge in [-0.1, -0.05) is 18.2 Å². The lowest BCUT2D eigenvalue weighted by atomic mass is 10.2. The number of rotatable bonds is 2. The Hall–Kier alpha value is -1.76. The highest BCUT2D eigenvalue weighted by molar-refractivity contribution is 14.1. The normalized spacial score (nSPS) is 10.9. The summed E-state index contributed by atoms with van der Waals surface area (Å²) in [6.45, 7) is 0.180. The topological polar surface area (TPSA) is 34.9 Å². The Bertz CT molecular complexity index is 845. The third-order valence-corrected chi connectivity index (χ3v) is 3.76. The van der Waals surface area contributed by atoms with Crippen molar-refractivity contribution in [2.24, 2.45) is 0 Å². The number of halogens is 2. The predicted octanol–water partition coefficient (Wildman–Crippen LogP) is 3.19. The van der Waals surface area contributed by atoms with Crippen molar-refractivity contribution >= 4 is 33.5 Å². The van der Waals surface area contributed by atoms with E-state index in [0.717, 1.165) is 3.57 Å². The number of fused-ring (bicyclic) bond motifs is 1. The molecule has 3 rings (SSSR count). The number of hydrogen-bond donors (Lipinski definition) is 0. The first-order valence-electron chi connectivity index (χ1n) is 6.03. The number of nitrogens with zero attached hydrogens (tertiary/aromatic N) is 2. The molecule has 0 saturated carbocycles. The summed E-state index contributed by atoms with van der Waals surface area (Å²) in [5.41, 5.74) is 0.971. The van der Waals surface area contributed by atoms with E-state index in [1.807, 2.05) is 12.1 Å². The van der Waals surface area contributed by atoms with Crippen LogP contribution in [0.15, 0.2) is 53.6 Å². The minimum absolute atomic E-state index is 0.156. The molecule has 0 radical (unpaired) electrons. The lowest BCUT2D eigenvalue weighted by molar-refractivity contribution is 0.595. The number of aromatic nitrogens is 2. The van der Waals surface area contributed by atoms with Crippen LogP contribution in [0.2, 0.25) is 0 Å². The summed E-state index contributed by atoms with van der Waals surface area (Å²) < 4.78 is 16.0. The fourth-order valence-corrected chi connectivity index (χ4v) is 2.55. The summed E-state index contributed by atoms with van der Waals surface area (Å²) in [6.07, 6.45) is 1.46. The molecule has 100 valence electrons. The molecule has 2 aromatic carbocycles. The van der Waals surface area contributed by atoms with Crippen molar-refractivity contribution in [3.05, 3.63) is 74.1 Å². The fourth-order valence-electron chi connectivity index (χ4n) is 2.05. The molecule has 0 saturated heterocycles. The molecule has 0 N–H and O–H groups in total. The van der Waals surface area contributed by atoms with Crippen LogP contribution in [0.3, 0.4) is 0 Å². The van der Waals surface area contributed by atoms with Gasteiger partial charge in [-0.15, -0.1) is 0 Å². The number of hydrogen-bond acceptors (Lipinski definition) is 2. The first-order chi connectivity index (χ1) is 9.65. The summed E-state index contributed by atoms with van der Waals surface area (Å²) >= 11 is 2.15. The van der Waals surface area contributed by atoms with Crippen LogP contribution in [0.25, 0.3) is 10.9 Å². The fraction of sp³-hybridized carbons (Fsp3) is 0.0667. The van der Waals surface area contributed by atoms with Gasteiger partial charge < -0.3 is 0 Å². The van der Waals surface area contributed by atoms with Crippen molar-refractivity contribution in [2.45, 2.75) is 6.54 Å². The SMILES string of the molecule is O=c1c2cc(I)ccc2ncn1Cc1ccccc1F. The van der Waals surface area contributed by atoms with Crippen molar-refractivity contribution in [2.75, 3.05) is 0 Å². The van der Waals surface area contributed by atoms with Gasteiger partial charge in [0, 0.05) is 9.13 Å². The molecule has 0 aliphatic heterocycles. The van der Waals surface area contributed by atoms with Crippen molar-refractivity contribution in [1.82, 2.24) is 9.55 Å². The monoisotopic (exact) mass is 380 g/mol. The molecular formula is C15H10FIN2O. The van der Waals surface area contributed by atoms with Crippen molar-refractivity contribution in [3.63, 3.8) is 0 Å². The van der Waals surface area contributed by atoms with E-state index in [1.54, 1.807) is 24.3 Å². The van der Waals surface area contributed by atoms with E-state index in [2.05, 4.69) is 27.6 Å². The Morgan fingerprint density at radius 1 is 1.20 bits per heavy atom. The predicted molar refractivity (Wildman–Crippen MR) is 84.2 cm³/mol. The Labute approximate surface area is 128 Å². The van der Waals surface area contributed by atoms with Gasteiger partial charge in [0.15, 0.2) is 0 Å². The van der Waals surface area contributed by atoms with Gasteiger partial charge in [0.1, 0.15) is 5.82 Å². The maximum atomic E-state index is 13.6. The summed E-state index contributed by atoms with van der Waals surface area (Å²) in [7, 11) is 0. The second-order valence-corrected chi connectivity index (χ2v) is 5.68. The summed E-state index contributed by atoms with van der Waals surface area (Å²) in [6, 6.07) is 11.9. The average molecular weight is 380 g/mol. The van der Waals surface area contributed by atoms with E-state index < -0.39 is 0 Å². The molecule has 0 spiro atoms. The van der Waals surface area contributed by atoms with E-state index in [9.17, 15) is 9.18 Å². The lowest BCUT2D eigenvalue weighted by Crippen LogP contribution is -2.21. The van der Waals surface area contributed by atoms with Crippen molar-refractivity contribution < 1.29 is 4.39 Å². The van der Waals surface area contributed by atoms with Crippen LogP contribution in [0, 0.1) is 9.39 Å². The Morgan fingerprint density at radius 3 is 2.80 bits per heavy atom. The molecule has 3 nitrogen and oxygen atoms in total. The molecule has 0 unspecified atom stereocenters. The third kappa shape index (κ3) is 2.45. The molecule has 0 bridgehead atoms. The zero-order valence-corrected chi connectivity index (χ0v) is 12.5. The van der Waals surface area contributed by atoms with Crippen LogP contribution >= 0.6 is 22.6 Å². The molecule has 5 heteroatoms. The molecule has 0 atom stereocenters. The van der Waals surface area contributed by atoms with Crippen LogP contribution in [0.1, 0.15) is 5.56 Å². The molecule has 0 aliphatic rings. The van der Waals surface area contributed by atoms with Crippen LogP contribution in [0.5, 0.6) is 0 Å². The molecule has 3 aromatic rings. The standard InChI is InChI=1S/C15H10FIN2O/c16-13-4-2-1-3-10(13)8-19-9-18-14-6-5-11(17)7-12(14)15(19)20/h1-7,9H,8H2. The van der Waals surface area contributed by atoms with E-state index in [0.29, 0.717) is 16.5 Å². The molecule has 20 heavy (non-hydrogen) atoms. The van der Waals surface area contributed by atoms with Gasteiger partial charge >= 0.3 is 0 Å². The first kappa shape index (κ1) is 13.2. The highest BCUT2D eigenvalue weighted by Crippen LogP contribution is 2.13. The molecule has 0 fully saturated rings.